The number of fused-ring (bicyclic) bond motifs is 1. The lowest BCUT2D eigenvalue weighted by Gasteiger charge is -2.36. The molecule has 0 N–H and O–H groups in total. The molecule has 1 unspecified atom stereocenters. The van der Waals surface area contributed by atoms with Gasteiger partial charge in [-0.25, -0.2) is 4.68 Å². The molecule has 0 aliphatic carbocycles. The van der Waals surface area contributed by atoms with Gasteiger partial charge in [-0.05, 0) is 87.8 Å². The number of hydrogen-bond acceptors (Lipinski definition) is 7. The first-order valence-corrected chi connectivity index (χ1v) is 19.4. The Kier molecular flexibility index (Phi) is 10.8. The molecule has 0 amide bonds. The first kappa shape index (κ1) is 33.3. The van der Waals surface area contributed by atoms with Crippen LogP contribution in [0.15, 0.2) is 54.7 Å². The average Bonchev–Trinajstić information content (AvgIpc) is 3.65. The predicted molar refractivity (Wildman–Crippen MR) is 181 cm³/mol. The Labute approximate surface area is 269 Å². The number of benzene rings is 2. The SMILES string of the molecule is C[C@H](CCOCC[C@H](C)OCc1ccccc1)n1ncc(-c2nn(C3CCCCO3)c3ccc(O[Si](C)(C)C(C)(C)C)cc23)n1. The lowest BCUT2D eigenvalue weighted by atomic mass is 10.1. The molecule has 1 saturated heterocycles. The second-order valence-electron chi connectivity index (χ2n) is 13.9. The van der Waals surface area contributed by atoms with Gasteiger partial charge in [-0.2, -0.15) is 20.1 Å². The minimum Gasteiger partial charge on any atom is -0.543 e. The summed E-state index contributed by atoms with van der Waals surface area (Å²) in [6.07, 6.45) is 6.70. The highest BCUT2D eigenvalue weighted by atomic mass is 28.4. The molecule has 9 nitrogen and oxygen atoms in total. The lowest BCUT2D eigenvalue weighted by molar-refractivity contribution is -0.0365. The van der Waals surface area contributed by atoms with Crippen LogP contribution in [-0.2, 0) is 20.8 Å². The van der Waals surface area contributed by atoms with E-state index in [1.165, 1.54) is 5.56 Å². The molecule has 0 spiro atoms. The first-order valence-electron chi connectivity index (χ1n) is 16.5. The topological polar surface area (TPSA) is 85.5 Å². The maximum atomic E-state index is 6.68. The summed E-state index contributed by atoms with van der Waals surface area (Å²) in [6.45, 7) is 18.2. The van der Waals surface area contributed by atoms with E-state index in [2.05, 4.69) is 83.1 Å². The Morgan fingerprint density at radius 1 is 1.00 bits per heavy atom. The van der Waals surface area contributed by atoms with Gasteiger partial charge in [0.25, 0.3) is 0 Å². The van der Waals surface area contributed by atoms with Gasteiger partial charge in [-0.1, -0.05) is 51.1 Å². The zero-order valence-electron chi connectivity index (χ0n) is 28.2. The molecule has 2 aromatic carbocycles. The van der Waals surface area contributed by atoms with E-state index in [9.17, 15) is 0 Å². The van der Waals surface area contributed by atoms with Gasteiger partial charge in [-0.15, -0.1) is 0 Å². The van der Waals surface area contributed by atoms with Crippen LogP contribution in [0.25, 0.3) is 22.3 Å². The molecule has 244 valence electrons. The molecule has 1 fully saturated rings. The average molecular weight is 634 g/mol. The third kappa shape index (κ3) is 8.41. The van der Waals surface area contributed by atoms with Crippen molar-refractivity contribution in [3.05, 3.63) is 60.3 Å². The summed E-state index contributed by atoms with van der Waals surface area (Å²) < 4.78 is 26.8. The number of nitrogens with zero attached hydrogens (tertiary/aromatic N) is 5. The third-order valence-corrected chi connectivity index (χ3v) is 13.5. The van der Waals surface area contributed by atoms with Crippen molar-refractivity contribution in [3.63, 3.8) is 0 Å². The molecule has 2 aromatic heterocycles. The quantitative estimate of drug-likeness (QED) is 0.102. The van der Waals surface area contributed by atoms with Crippen LogP contribution in [0.4, 0.5) is 0 Å². The normalized spacial score (nSPS) is 17.4. The van der Waals surface area contributed by atoms with Crippen molar-refractivity contribution >= 4 is 19.2 Å². The Morgan fingerprint density at radius 2 is 1.78 bits per heavy atom. The Morgan fingerprint density at radius 3 is 2.51 bits per heavy atom. The molecular weight excluding hydrogens is 583 g/mol. The van der Waals surface area contributed by atoms with Crippen LogP contribution >= 0.6 is 0 Å². The van der Waals surface area contributed by atoms with Crippen LogP contribution in [0, 0.1) is 0 Å². The summed E-state index contributed by atoms with van der Waals surface area (Å²) in [5, 5.41) is 15.7. The number of ether oxygens (including phenoxy) is 3. The van der Waals surface area contributed by atoms with Crippen molar-refractivity contribution in [1.82, 2.24) is 24.8 Å². The Bertz CT molecular complexity index is 1510. The maximum Gasteiger partial charge on any atom is 0.250 e. The molecule has 0 radical (unpaired) electrons. The van der Waals surface area contributed by atoms with E-state index in [-0.39, 0.29) is 23.4 Å². The van der Waals surface area contributed by atoms with Gasteiger partial charge < -0.3 is 18.6 Å². The highest BCUT2D eigenvalue weighted by Crippen LogP contribution is 2.39. The van der Waals surface area contributed by atoms with Gasteiger partial charge in [0.05, 0.1) is 30.5 Å². The molecule has 3 atom stereocenters. The zero-order valence-corrected chi connectivity index (χ0v) is 29.2. The van der Waals surface area contributed by atoms with Gasteiger partial charge in [0.15, 0.2) is 6.23 Å². The smallest absolute Gasteiger partial charge is 0.250 e. The maximum absolute atomic E-state index is 6.68. The molecule has 0 bridgehead atoms. The van der Waals surface area contributed by atoms with Crippen LogP contribution in [0.2, 0.25) is 18.1 Å². The van der Waals surface area contributed by atoms with E-state index in [0.717, 1.165) is 66.8 Å². The summed E-state index contributed by atoms with van der Waals surface area (Å²) >= 11 is 0. The molecule has 10 heteroatoms. The Hall–Kier alpha value is -3.05. The number of hydrogen-bond donors (Lipinski definition) is 0. The fraction of sp³-hybridized carbons (Fsp3) is 0.571. The van der Waals surface area contributed by atoms with Crippen molar-refractivity contribution < 1.29 is 18.6 Å². The van der Waals surface area contributed by atoms with Crippen LogP contribution in [-0.4, -0.2) is 59.0 Å². The summed E-state index contributed by atoms with van der Waals surface area (Å²) in [4.78, 5) is 1.78. The molecular formula is C35H51N5O4Si. The van der Waals surface area contributed by atoms with E-state index in [1.807, 2.05) is 29.1 Å². The van der Waals surface area contributed by atoms with E-state index in [0.29, 0.717) is 19.8 Å². The number of aromatic nitrogens is 5. The molecule has 45 heavy (non-hydrogen) atoms. The van der Waals surface area contributed by atoms with Gasteiger partial charge in [0, 0.05) is 25.2 Å². The van der Waals surface area contributed by atoms with Crippen molar-refractivity contribution in [2.24, 2.45) is 0 Å². The van der Waals surface area contributed by atoms with Crippen molar-refractivity contribution in [1.29, 1.82) is 0 Å². The first-order chi connectivity index (χ1) is 21.5. The fourth-order valence-corrected chi connectivity index (χ4v) is 6.19. The Balaban J connectivity index is 1.23. The molecule has 1 aliphatic heterocycles. The van der Waals surface area contributed by atoms with Crippen LogP contribution in [0.1, 0.15) is 84.6 Å². The largest absolute Gasteiger partial charge is 0.543 e. The summed E-state index contributed by atoms with van der Waals surface area (Å²) in [5.41, 5.74) is 3.76. The van der Waals surface area contributed by atoms with Crippen LogP contribution in [0.3, 0.4) is 0 Å². The molecule has 5 rings (SSSR count). The van der Waals surface area contributed by atoms with Crippen molar-refractivity contribution in [3.8, 4) is 17.1 Å². The summed E-state index contributed by atoms with van der Waals surface area (Å²) in [6, 6.07) is 16.7. The lowest BCUT2D eigenvalue weighted by Crippen LogP contribution is -2.43. The predicted octanol–water partition coefficient (Wildman–Crippen LogP) is 8.34. The second kappa shape index (κ2) is 14.6. The van der Waals surface area contributed by atoms with Gasteiger partial charge in [-0.3, -0.25) is 0 Å². The van der Waals surface area contributed by atoms with Crippen molar-refractivity contribution in [2.45, 2.75) is 110 Å². The fourth-order valence-electron chi connectivity index (χ4n) is 5.17. The van der Waals surface area contributed by atoms with E-state index < -0.39 is 8.32 Å². The standard InChI is InChI=1S/C35H51N5O4Si/c1-26(18-21-41-22-19-27(2)43-25-28-13-9-8-10-14-28)40-36-24-31(37-40)34-30-23-29(44-45(6,7)35(3,4)5)16-17-32(30)39(38-34)33-15-11-12-20-42-33/h8-10,13-14,16-17,23-24,26-27,33H,11-12,15,18-22,25H2,1-7H3/t26-,27+,33?/m1/s1. The highest BCUT2D eigenvalue weighted by Gasteiger charge is 2.39. The second-order valence-corrected chi connectivity index (χ2v) is 18.6. The molecule has 4 aromatic rings. The van der Waals surface area contributed by atoms with Gasteiger partial charge in [0.1, 0.15) is 17.1 Å². The monoisotopic (exact) mass is 633 g/mol. The van der Waals surface area contributed by atoms with E-state index in [1.54, 1.807) is 4.80 Å². The van der Waals surface area contributed by atoms with Crippen LogP contribution in [0.5, 0.6) is 5.75 Å². The third-order valence-electron chi connectivity index (χ3n) is 9.16. The molecule has 1 aliphatic rings. The highest BCUT2D eigenvalue weighted by molar-refractivity contribution is 6.74. The summed E-state index contributed by atoms with van der Waals surface area (Å²) in [7, 11) is -2.01. The van der Waals surface area contributed by atoms with Gasteiger partial charge >= 0.3 is 0 Å². The van der Waals surface area contributed by atoms with Gasteiger partial charge in [0.2, 0.25) is 8.32 Å². The van der Waals surface area contributed by atoms with E-state index in [4.69, 9.17) is 28.8 Å². The minimum absolute atomic E-state index is 0.0815. The van der Waals surface area contributed by atoms with Crippen LogP contribution < -0.4 is 4.43 Å². The zero-order chi connectivity index (χ0) is 32.0. The minimum atomic E-state index is -2.01. The van der Waals surface area contributed by atoms with E-state index >= 15 is 0 Å². The van der Waals surface area contributed by atoms with Crippen molar-refractivity contribution in [2.75, 3.05) is 19.8 Å². The number of rotatable bonds is 14. The summed E-state index contributed by atoms with van der Waals surface area (Å²) in [5.74, 6) is 0.872. The molecule has 3 heterocycles. The molecule has 0 saturated carbocycles.